The van der Waals surface area contributed by atoms with Crippen molar-refractivity contribution in [3.05, 3.63) is 45.1 Å². The maximum atomic E-state index is 12.8. The zero-order valence-corrected chi connectivity index (χ0v) is 12.8. The van der Waals surface area contributed by atoms with Crippen molar-refractivity contribution in [1.29, 1.82) is 0 Å². The van der Waals surface area contributed by atoms with Crippen molar-refractivity contribution < 1.29 is 23.1 Å². The van der Waals surface area contributed by atoms with Crippen LogP contribution in [0.3, 0.4) is 0 Å². The molecule has 1 unspecified atom stereocenters. The van der Waals surface area contributed by atoms with Gasteiger partial charge in [-0.25, -0.2) is 4.79 Å². The smallest absolute Gasteiger partial charge is 0.379 e. The predicted molar refractivity (Wildman–Crippen MR) is 81.0 cm³/mol. The van der Waals surface area contributed by atoms with Crippen LogP contribution in [0.4, 0.5) is 13.2 Å². The summed E-state index contributed by atoms with van der Waals surface area (Å²) in [5.74, 6) is -0.750. The van der Waals surface area contributed by atoms with Crippen molar-refractivity contribution in [3.63, 3.8) is 0 Å². The monoisotopic (exact) mass is 357 g/mol. The van der Waals surface area contributed by atoms with Gasteiger partial charge in [0.15, 0.2) is 5.60 Å². The van der Waals surface area contributed by atoms with Gasteiger partial charge in [0, 0.05) is 13.0 Å². The van der Waals surface area contributed by atoms with Gasteiger partial charge in [-0.1, -0.05) is 12.1 Å². The van der Waals surface area contributed by atoms with E-state index in [9.17, 15) is 32.7 Å². The van der Waals surface area contributed by atoms with Gasteiger partial charge in [-0.05, 0) is 12.1 Å². The minimum absolute atomic E-state index is 0.183. The number of aromatic amines is 1. The summed E-state index contributed by atoms with van der Waals surface area (Å²) in [4.78, 5) is 39.0. The van der Waals surface area contributed by atoms with Gasteiger partial charge in [-0.15, -0.1) is 0 Å². The number of aliphatic hydroxyl groups is 1. The van der Waals surface area contributed by atoms with Crippen molar-refractivity contribution >= 4 is 16.8 Å². The number of aromatic nitrogens is 2. The van der Waals surface area contributed by atoms with Gasteiger partial charge in [0.1, 0.15) is 6.54 Å². The third kappa shape index (κ3) is 2.93. The summed E-state index contributed by atoms with van der Waals surface area (Å²) in [6.45, 7) is -1.69. The summed E-state index contributed by atoms with van der Waals surface area (Å²) >= 11 is 0. The molecule has 0 bridgehead atoms. The first-order valence-corrected chi connectivity index (χ1v) is 7.41. The average molecular weight is 357 g/mol. The lowest BCUT2D eigenvalue weighted by atomic mass is 10.0. The molecule has 0 aliphatic carbocycles. The van der Waals surface area contributed by atoms with E-state index in [2.05, 4.69) is 4.98 Å². The summed E-state index contributed by atoms with van der Waals surface area (Å²) in [5, 5.41) is 9.82. The topological polar surface area (TPSA) is 95.4 Å². The number of nitrogens with one attached hydrogen (secondary N) is 1. The molecule has 1 atom stereocenters. The van der Waals surface area contributed by atoms with Crippen LogP contribution in [0.5, 0.6) is 0 Å². The van der Waals surface area contributed by atoms with E-state index in [1.807, 2.05) is 0 Å². The molecule has 3 rings (SSSR count). The van der Waals surface area contributed by atoms with Gasteiger partial charge in [0.25, 0.3) is 5.56 Å². The Bertz CT molecular complexity index is 949. The Kier molecular flexibility index (Phi) is 3.94. The largest absolute Gasteiger partial charge is 0.419 e. The fourth-order valence-corrected chi connectivity index (χ4v) is 2.87. The second kappa shape index (κ2) is 5.73. The number of carbonyl (C=O) groups excluding carboxylic acids is 1. The highest BCUT2D eigenvalue weighted by molar-refractivity contribution is 5.81. The van der Waals surface area contributed by atoms with Gasteiger partial charge < -0.3 is 10.0 Å². The van der Waals surface area contributed by atoms with E-state index in [1.165, 1.54) is 12.1 Å². The summed E-state index contributed by atoms with van der Waals surface area (Å²) in [6, 6.07) is 6.08. The molecule has 1 saturated heterocycles. The lowest BCUT2D eigenvalue weighted by molar-refractivity contribution is -0.253. The quantitative estimate of drug-likeness (QED) is 0.804. The fraction of sp³-hybridized carbons (Fsp3) is 0.400. The number of alkyl halides is 3. The van der Waals surface area contributed by atoms with E-state index in [4.69, 9.17) is 0 Å². The zero-order chi connectivity index (χ0) is 18.4. The Morgan fingerprint density at radius 2 is 1.96 bits per heavy atom. The maximum absolute atomic E-state index is 12.8. The highest BCUT2D eigenvalue weighted by Crippen LogP contribution is 2.37. The fourth-order valence-electron chi connectivity index (χ4n) is 2.87. The van der Waals surface area contributed by atoms with Crippen LogP contribution < -0.4 is 11.2 Å². The Morgan fingerprint density at radius 1 is 1.28 bits per heavy atom. The van der Waals surface area contributed by atoms with Gasteiger partial charge in [0.05, 0.1) is 17.4 Å². The number of rotatable bonds is 2. The summed E-state index contributed by atoms with van der Waals surface area (Å²) in [7, 11) is 0. The number of amides is 1. The van der Waals surface area contributed by atoms with E-state index in [0.717, 1.165) is 9.47 Å². The molecule has 1 fully saturated rings. The molecule has 2 aromatic rings. The van der Waals surface area contributed by atoms with Crippen LogP contribution in [0.25, 0.3) is 10.9 Å². The number of H-pyrrole nitrogens is 1. The van der Waals surface area contributed by atoms with Crippen molar-refractivity contribution in [2.75, 3.05) is 13.1 Å². The zero-order valence-electron chi connectivity index (χ0n) is 12.8. The van der Waals surface area contributed by atoms with E-state index in [1.54, 1.807) is 12.1 Å². The van der Waals surface area contributed by atoms with Crippen molar-refractivity contribution in [2.45, 2.75) is 24.7 Å². The SMILES string of the molecule is O=C(Cn1c(=O)[nH]c(=O)c2ccccc21)N1CCC(O)(C(F)(F)F)C1. The van der Waals surface area contributed by atoms with Gasteiger partial charge in [-0.2, -0.15) is 13.2 Å². The van der Waals surface area contributed by atoms with Crippen molar-refractivity contribution in [2.24, 2.45) is 0 Å². The van der Waals surface area contributed by atoms with Crippen LogP contribution in [-0.4, -0.2) is 50.3 Å². The van der Waals surface area contributed by atoms with Gasteiger partial charge in [0.2, 0.25) is 5.91 Å². The molecule has 25 heavy (non-hydrogen) atoms. The highest BCUT2D eigenvalue weighted by atomic mass is 19.4. The predicted octanol–water partition coefficient (Wildman–Crippen LogP) is 0.215. The minimum atomic E-state index is -4.84. The molecule has 7 nitrogen and oxygen atoms in total. The maximum Gasteiger partial charge on any atom is 0.419 e. The average Bonchev–Trinajstić information content (AvgIpc) is 2.95. The number of fused-ring (bicyclic) bond motifs is 1. The van der Waals surface area contributed by atoms with Crippen molar-refractivity contribution in [1.82, 2.24) is 14.5 Å². The molecule has 2 heterocycles. The Hall–Kier alpha value is -2.62. The molecule has 1 amide bonds. The van der Waals surface area contributed by atoms with Crippen LogP contribution in [0.2, 0.25) is 0 Å². The number of para-hydroxylation sites is 1. The molecule has 1 aromatic carbocycles. The first kappa shape index (κ1) is 17.2. The summed E-state index contributed by atoms with van der Waals surface area (Å²) < 4.78 is 39.5. The number of carbonyl (C=O) groups is 1. The molecular weight excluding hydrogens is 343 g/mol. The molecule has 1 aliphatic rings. The molecule has 0 saturated carbocycles. The van der Waals surface area contributed by atoms with Gasteiger partial charge >= 0.3 is 11.9 Å². The van der Waals surface area contributed by atoms with Crippen LogP contribution in [0.1, 0.15) is 6.42 Å². The van der Waals surface area contributed by atoms with Crippen LogP contribution in [-0.2, 0) is 11.3 Å². The molecule has 1 aromatic heterocycles. The first-order chi connectivity index (χ1) is 11.6. The molecule has 1 aliphatic heterocycles. The molecule has 134 valence electrons. The Balaban J connectivity index is 1.90. The second-order valence-corrected chi connectivity index (χ2v) is 5.96. The summed E-state index contributed by atoms with van der Waals surface area (Å²) in [5.41, 5.74) is -4.19. The van der Waals surface area contributed by atoms with Crippen molar-refractivity contribution in [3.8, 4) is 0 Å². The van der Waals surface area contributed by atoms with Crippen LogP contribution in [0, 0.1) is 0 Å². The Labute approximate surface area is 138 Å². The van der Waals surface area contributed by atoms with E-state index >= 15 is 0 Å². The number of hydrogen-bond donors (Lipinski definition) is 2. The third-order valence-corrected chi connectivity index (χ3v) is 4.33. The number of benzene rings is 1. The minimum Gasteiger partial charge on any atom is -0.379 e. The number of nitrogens with zero attached hydrogens (tertiary/aromatic N) is 2. The van der Waals surface area contributed by atoms with Crippen LogP contribution in [0.15, 0.2) is 33.9 Å². The number of likely N-dealkylation sites (tertiary alicyclic amines) is 1. The molecule has 10 heteroatoms. The highest BCUT2D eigenvalue weighted by Gasteiger charge is 2.57. The van der Waals surface area contributed by atoms with E-state index in [-0.39, 0.29) is 17.4 Å². The summed E-state index contributed by atoms with van der Waals surface area (Å²) in [6.07, 6.45) is -5.47. The standard InChI is InChI=1S/C15H14F3N3O4/c16-15(17,18)14(25)5-6-20(8-14)11(22)7-21-10-4-2-1-3-9(10)12(23)19-13(21)24/h1-4,25H,5-8H2,(H,19,23,24). The van der Waals surface area contributed by atoms with Gasteiger partial charge in [-0.3, -0.25) is 19.1 Å². The Morgan fingerprint density at radius 3 is 2.60 bits per heavy atom. The number of hydrogen-bond acceptors (Lipinski definition) is 4. The second-order valence-electron chi connectivity index (χ2n) is 5.96. The van der Waals surface area contributed by atoms with Crippen LogP contribution >= 0.6 is 0 Å². The third-order valence-electron chi connectivity index (χ3n) is 4.33. The first-order valence-electron chi connectivity index (χ1n) is 7.41. The molecular formula is C15H14F3N3O4. The molecule has 0 radical (unpaired) electrons. The normalized spacial score (nSPS) is 21.0. The lowest BCUT2D eigenvalue weighted by Crippen LogP contribution is -2.48. The number of β-amino-alcohol motifs (C(OH)–C–C–N with tert-alkyl or cyclic N) is 1. The molecule has 2 N–H and O–H groups in total. The van der Waals surface area contributed by atoms with E-state index < -0.39 is 48.4 Å². The lowest BCUT2D eigenvalue weighted by Gasteiger charge is -2.26. The molecule has 0 spiro atoms. The van der Waals surface area contributed by atoms with E-state index in [0.29, 0.717) is 0 Å². The number of halogens is 3.